The van der Waals surface area contributed by atoms with Gasteiger partial charge in [-0.25, -0.2) is 9.97 Å². The quantitative estimate of drug-likeness (QED) is 0.541. The molecule has 7 heteroatoms. The summed E-state index contributed by atoms with van der Waals surface area (Å²) in [4.78, 5) is 22.4. The Morgan fingerprint density at radius 1 is 1.25 bits per heavy atom. The maximum absolute atomic E-state index is 12.7. The minimum atomic E-state index is -0.386. The van der Waals surface area contributed by atoms with E-state index in [9.17, 15) is 4.79 Å². The molecule has 24 heavy (non-hydrogen) atoms. The summed E-state index contributed by atoms with van der Waals surface area (Å²) in [5.41, 5.74) is 6.96. The van der Waals surface area contributed by atoms with E-state index in [-0.39, 0.29) is 11.2 Å². The van der Waals surface area contributed by atoms with Gasteiger partial charge in [0, 0.05) is 6.04 Å². The van der Waals surface area contributed by atoms with Crippen molar-refractivity contribution < 1.29 is 4.79 Å². The standard InChI is InChI=1S/C17H16N4OS2/c18-14-12-8-9-23-16(12)21-17(20-14)24-13(10-4-2-1-3-5-10)15(22)19-11-6-7-11/h1-5,8-9,11,13H,6-7H2,(H,19,22)(H2,18,20,21)/t13-/m1/s1. The van der Waals surface area contributed by atoms with Crippen LogP contribution < -0.4 is 11.1 Å². The number of nitrogens with two attached hydrogens (primary N) is 1. The summed E-state index contributed by atoms with van der Waals surface area (Å²) in [7, 11) is 0. The minimum Gasteiger partial charge on any atom is -0.383 e. The van der Waals surface area contributed by atoms with Gasteiger partial charge in [-0.15, -0.1) is 11.3 Å². The number of thioether (sulfide) groups is 1. The zero-order chi connectivity index (χ0) is 16.5. The molecule has 1 fully saturated rings. The third-order valence-electron chi connectivity index (χ3n) is 3.82. The summed E-state index contributed by atoms with van der Waals surface area (Å²) in [6.07, 6.45) is 2.12. The van der Waals surface area contributed by atoms with E-state index in [0.29, 0.717) is 17.0 Å². The van der Waals surface area contributed by atoms with Gasteiger partial charge in [0.25, 0.3) is 0 Å². The van der Waals surface area contributed by atoms with Crippen molar-refractivity contribution in [2.75, 3.05) is 5.73 Å². The summed E-state index contributed by atoms with van der Waals surface area (Å²) < 4.78 is 0. The molecule has 5 nitrogen and oxygen atoms in total. The number of nitrogen functional groups attached to an aromatic ring is 1. The van der Waals surface area contributed by atoms with Crippen LogP contribution in [0.4, 0.5) is 5.82 Å². The highest BCUT2D eigenvalue weighted by Crippen LogP contribution is 2.36. The van der Waals surface area contributed by atoms with E-state index in [1.807, 2.05) is 41.8 Å². The second-order valence-electron chi connectivity index (χ2n) is 5.72. The Labute approximate surface area is 147 Å². The fourth-order valence-electron chi connectivity index (χ4n) is 2.42. The molecule has 0 aliphatic heterocycles. The van der Waals surface area contributed by atoms with Gasteiger partial charge in [-0.2, -0.15) is 0 Å². The van der Waals surface area contributed by atoms with E-state index in [4.69, 9.17) is 5.73 Å². The van der Waals surface area contributed by atoms with Crippen LogP contribution in [-0.4, -0.2) is 21.9 Å². The summed E-state index contributed by atoms with van der Waals surface area (Å²) >= 11 is 2.87. The van der Waals surface area contributed by atoms with Gasteiger partial charge in [0.05, 0.1) is 5.39 Å². The highest BCUT2D eigenvalue weighted by molar-refractivity contribution is 8.00. The molecule has 1 saturated carbocycles. The van der Waals surface area contributed by atoms with Gasteiger partial charge in [-0.3, -0.25) is 4.79 Å². The number of amides is 1. The third-order valence-corrected chi connectivity index (χ3v) is 5.74. The highest BCUT2D eigenvalue weighted by atomic mass is 32.2. The van der Waals surface area contributed by atoms with Gasteiger partial charge in [0.15, 0.2) is 5.16 Å². The van der Waals surface area contributed by atoms with Crippen LogP contribution in [0.1, 0.15) is 23.7 Å². The second kappa shape index (κ2) is 6.41. The Hall–Kier alpha value is -2.12. The zero-order valence-corrected chi connectivity index (χ0v) is 14.4. The number of rotatable bonds is 5. The number of hydrogen-bond donors (Lipinski definition) is 2. The van der Waals surface area contributed by atoms with E-state index >= 15 is 0 Å². The molecular weight excluding hydrogens is 340 g/mol. The smallest absolute Gasteiger partial charge is 0.238 e. The second-order valence-corrected chi connectivity index (χ2v) is 7.69. The first-order valence-electron chi connectivity index (χ1n) is 7.73. The number of hydrogen-bond acceptors (Lipinski definition) is 6. The van der Waals surface area contributed by atoms with E-state index in [0.717, 1.165) is 28.6 Å². The fourth-order valence-corrected chi connectivity index (χ4v) is 4.23. The summed E-state index contributed by atoms with van der Waals surface area (Å²) in [5.74, 6) is 0.459. The zero-order valence-electron chi connectivity index (χ0n) is 12.8. The van der Waals surface area contributed by atoms with Crippen LogP contribution in [0.2, 0.25) is 0 Å². The summed E-state index contributed by atoms with van der Waals surface area (Å²) in [5, 5.41) is 6.03. The van der Waals surface area contributed by atoms with Gasteiger partial charge in [0.2, 0.25) is 5.91 Å². The first-order valence-corrected chi connectivity index (χ1v) is 9.49. The minimum absolute atomic E-state index is 0.00199. The summed E-state index contributed by atoms with van der Waals surface area (Å²) in [6, 6.07) is 12.0. The number of carbonyl (C=O) groups is 1. The third kappa shape index (κ3) is 3.22. The lowest BCUT2D eigenvalue weighted by Crippen LogP contribution is -2.29. The molecule has 1 aromatic carbocycles. The largest absolute Gasteiger partial charge is 0.383 e. The van der Waals surface area contributed by atoms with Crippen LogP contribution in [0.3, 0.4) is 0 Å². The number of aromatic nitrogens is 2. The van der Waals surface area contributed by atoms with Crippen LogP contribution in [0.25, 0.3) is 10.2 Å². The number of carbonyl (C=O) groups excluding carboxylic acids is 1. The first kappa shape index (κ1) is 15.4. The van der Waals surface area contributed by atoms with Crippen LogP contribution in [-0.2, 0) is 4.79 Å². The number of fused-ring (bicyclic) bond motifs is 1. The van der Waals surface area contributed by atoms with Gasteiger partial charge < -0.3 is 11.1 Å². The molecule has 3 N–H and O–H groups in total. The van der Waals surface area contributed by atoms with Crippen molar-refractivity contribution in [3.8, 4) is 0 Å². The van der Waals surface area contributed by atoms with E-state index in [1.54, 1.807) is 0 Å². The Bertz CT molecular complexity index is 877. The maximum atomic E-state index is 12.7. The van der Waals surface area contributed by atoms with E-state index in [2.05, 4.69) is 15.3 Å². The molecule has 3 aromatic rings. The normalized spacial score (nSPS) is 15.3. The van der Waals surface area contributed by atoms with Crippen LogP contribution in [0.15, 0.2) is 46.9 Å². The van der Waals surface area contributed by atoms with Crippen molar-refractivity contribution in [2.24, 2.45) is 0 Å². The van der Waals surface area contributed by atoms with Crippen molar-refractivity contribution >= 4 is 45.0 Å². The lowest BCUT2D eigenvalue weighted by Gasteiger charge is -2.16. The monoisotopic (exact) mass is 356 g/mol. The lowest BCUT2D eigenvalue weighted by molar-refractivity contribution is -0.120. The molecule has 0 saturated heterocycles. The van der Waals surface area contributed by atoms with Gasteiger partial charge in [-0.1, -0.05) is 42.1 Å². The predicted molar refractivity (Wildman–Crippen MR) is 98.0 cm³/mol. The van der Waals surface area contributed by atoms with Crippen molar-refractivity contribution in [2.45, 2.75) is 29.3 Å². The van der Waals surface area contributed by atoms with Crippen molar-refractivity contribution in [3.63, 3.8) is 0 Å². The fraction of sp³-hybridized carbons (Fsp3) is 0.235. The van der Waals surface area contributed by atoms with Gasteiger partial charge in [0.1, 0.15) is 15.9 Å². The Morgan fingerprint density at radius 3 is 2.79 bits per heavy atom. The SMILES string of the molecule is Nc1nc(S[C@@H](C(=O)NC2CC2)c2ccccc2)nc2sccc12. The molecule has 122 valence electrons. The number of nitrogens with zero attached hydrogens (tertiary/aromatic N) is 2. The van der Waals surface area contributed by atoms with Crippen LogP contribution in [0.5, 0.6) is 0 Å². The molecule has 1 amide bonds. The average molecular weight is 356 g/mol. The van der Waals surface area contributed by atoms with Crippen molar-refractivity contribution in [1.29, 1.82) is 0 Å². The molecule has 2 heterocycles. The molecule has 0 unspecified atom stereocenters. The Morgan fingerprint density at radius 2 is 2.04 bits per heavy atom. The molecule has 1 aliphatic carbocycles. The van der Waals surface area contributed by atoms with Crippen molar-refractivity contribution in [1.82, 2.24) is 15.3 Å². The molecule has 4 rings (SSSR count). The molecule has 0 radical (unpaired) electrons. The molecule has 2 aromatic heterocycles. The van der Waals surface area contributed by atoms with Crippen LogP contribution in [0, 0.1) is 0 Å². The lowest BCUT2D eigenvalue weighted by atomic mass is 10.1. The molecule has 1 atom stereocenters. The van der Waals surface area contributed by atoms with Crippen LogP contribution >= 0.6 is 23.1 Å². The topological polar surface area (TPSA) is 80.9 Å². The Kier molecular flexibility index (Phi) is 4.12. The molecule has 1 aliphatic rings. The maximum Gasteiger partial charge on any atom is 0.238 e. The highest BCUT2D eigenvalue weighted by Gasteiger charge is 2.29. The van der Waals surface area contributed by atoms with Gasteiger partial charge >= 0.3 is 0 Å². The number of benzene rings is 1. The van der Waals surface area contributed by atoms with Gasteiger partial charge in [-0.05, 0) is 29.9 Å². The summed E-state index contributed by atoms with van der Waals surface area (Å²) in [6.45, 7) is 0. The van der Waals surface area contributed by atoms with E-state index in [1.165, 1.54) is 23.1 Å². The van der Waals surface area contributed by atoms with E-state index < -0.39 is 0 Å². The number of nitrogens with one attached hydrogen (secondary N) is 1. The molecule has 0 spiro atoms. The average Bonchev–Trinajstić information content (AvgIpc) is 3.26. The molecular formula is C17H16N4OS2. The number of anilines is 1. The Balaban J connectivity index is 1.65. The molecule has 0 bridgehead atoms. The van der Waals surface area contributed by atoms with Crippen molar-refractivity contribution in [3.05, 3.63) is 47.3 Å². The first-order chi connectivity index (χ1) is 11.7. The number of thiophene rings is 1. The predicted octanol–water partition coefficient (Wildman–Crippen LogP) is 3.39.